The highest BCUT2D eigenvalue weighted by Crippen LogP contribution is 2.50. The van der Waals surface area contributed by atoms with E-state index in [1.165, 1.54) is 158 Å². The number of hydrogen-bond donors (Lipinski definition) is 0. The topological polar surface area (TPSA) is 19.4 Å². The molecule has 13 aromatic carbocycles. The van der Waals surface area contributed by atoms with Crippen LogP contribution in [0.15, 0.2) is 243 Å². The number of aryl methyl sites for hydroxylation is 20. The molecule has 6 nitrogen and oxygen atoms in total. The molecule has 13 rings (SSSR count). The van der Waals surface area contributed by atoms with Crippen molar-refractivity contribution in [1.82, 2.24) is 0 Å². The molecule has 13 aromatic rings. The third-order valence-electron chi connectivity index (χ3n) is 21.3. The van der Waals surface area contributed by atoms with E-state index in [4.69, 9.17) is 0 Å². The fourth-order valence-electron chi connectivity index (χ4n) is 17.1. The molecule has 0 N–H and O–H groups in total. The Balaban J connectivity index is 0.913. The van der Waals surface area contributed by atoms with Crippen molar-refractivity contribution in [3.63, 3.8) is 0 Å². The molecule has 0 amide bonds. The second-order valence-corrected chi connectivity index (χ2v) is 30.7. The normalized spacial score (nSPS) is 11.3. The Morgan fingerprint density at radius 2 is 0.318 bits per heavy atom. The van der Waals surface area contributed by atoms with Crippen molar-refractivity contribution in [2.45, 2.75) is 158 Å². The molecular weight excluding hydrogens is 1300 g/mol. The first-order valence-corrected chi connectivity index (χ1v) is 38.3. The van der Waals surface area contributed by atoms with Gasteiger partial charge in [-0.1, -0.05) is 149 Å². The average molecular weight is 1400 g/mol. The summed E-state index contributed by atoms with van der Waals surface area (Å²) >= 11 is 0. The number of hydrogen-bond acceptors (Lipinski definition) is 6. The van der Waals surface area contributed by atoms with Gasteiger partial charge in [0.1, 0.15) is 0 Å². The van der Waals surface area contributed by atoms with E-state index in [9.17, 15) is 0 Å². The summed E-state index contributed by atoms with van der Waals surface area (Å²) in [6.45, 7) is 44.7. The fraction of sp³-hybridized carbons (Fsp3) is 0.228. The lowest BCUT2D eigenvalue weighted by Gasteiger charge is -2.33. The van der Waals surface area contributed by atoms with Gasteiger partial charge in [0.25, 0.3) is 0 Å². The van der Waals surface area contributed by atoms with E-state index in [2.05, 4.69) is 411 Å². The Hall–Kier alpha value is -11.3. The second-order valence-electron chi connectivity index (χ2n) is 30.7. The molecule has 0 aliphatic rings. The predicted octanol–water partition coefficient (Wildman–Crippen LogP) is 29.7. The average Bonchev–Trinajstić information content (AvgIpc) is 0.771. The monoisotopic (exact) mass is 1400 g/mol. The van der Waals surface area contributed by atoms with Gasteiger partial charge in [-0.15, -0.1) is 0 Å². The molecule has 0 fully saturated rings. The lowest BCUT2D eigenvalue weighted by atomic mass is 9.97. The standard InChI is InChI=1S/C101H106N6/c1-21-22-23-83-62-81(19)101(82(20)63-83)107(100-79(17)60-70(8)61-80(100)18)95-50-46-93(47-51-95)105(97-73(11)54-67(5)55-74(97)12)92-44-36-87(37-45-92)102(84-28-24-64(2)25-29-84)85-32-34-86(35-33-85)103(88-38-42-91(43-39-88)104(90-30-26-65(3)27-31-90)96-71(9)52-66(4)53-72(96)10)89-40-48-94(49-41-89)106(98-75(13)56-68(6)57-76(98)14)99-77(15)58-69(7)59-78(99)16/h24-63H,21-23H2,1-20H3. The first-order valence-electron chi connectivity index (χ1n) is 38.3. The Morgan fingerprint density at radius 3 is 0.505 bits per heavy atom. The van der Waals surface area contributed by atoms with Crippen molar-refractivity contribution in [3.05, 3.63) is 354 Å². The van der Waals surface area contributed by atoms with Crippen molar-refractivity contribution >= 4 is 102 Å². The summed E-state index contributed by atoms with van der Waals surface area (Å²) in [4.78, 5) is 14.7. The van der Waals surface area contributed by atoms with E-state index in [0.29, 0.717) is 0 Å². The Bertz CT molecular complexity index is 5200. The van der Waals surface area contributed by atoms with Crippen LogP contribution in [0, 0.1) is 132 Å². The van der Waals surface area contributed by atoms with E-state index in [-0.39, 0.29) is 0 Å². The van der Waals surface area contributed by atoms with Crippen LogP contribution in [0.2, 0.25) is 0 Å². The van der Waals surface area contributed by atoms with E-state index < -0.39 is 0 Å². The molecule has 0 saturated carbocycles. The molecule has 0 aliphatic carbocycles. The highest BCUT2D eigenvalue weighted by atomic mass is 15.2. The lowest BCUT2D eigenvalue weighted by molar-refractivity contribution is 0.794. The largest absolute Gasteiger partial charge is 0.311 e. The Kier molecular flexibility index (Phi) is 21.4. The van der Waals surface area contributed by atoms with Gasteiger partial charge in [0.05, 0.1) is 34.1 Å². The Morgan fingerprint density at radius 1 is 0.168 bits per heavy atom. The molecule has 0 atom stereocenters. The molecule has 540 valence electrons. The van der Waals surface area contributed by atoms with Crippen LogP contribution in [0.5, 0.6) is 0 Å². The molecule has 0 radical (unpaired) electrons. The van der Waals surface area contributed by atoms with Crippen LogP contribution in [-0.2, 0) is 6.42 Å². The molecule has 0 aromatic heterocycles. The third-order valence-corrected chi connectivity index (χ3v) is 21.3. The zero-order valence-electron chi connectivity index (χ0n) is 66.9. The van der Waals surface area contributed by atoms with Crippen LogP contribution in [0.25, 0.3) is 0 Å². The number of unbranched alkanes of at least 4 members (excludes halogenated alkanes) is 1. The van der Waals surface area contributed by atoms with Crippen LogP contribution >= 0.6 is 0 Å². The molecule has 107 heavy (non-hydrogen) atoms. The van der Waals surface area contributed by atoms with Gasteiger partial charge in [-0.2, -0.15) is 0 Å². The summed E-state index contributed by atoms with van der Waals surface area (Å²) in [7, 11) is 0. The van der Waals surface area contributed by atoms with E-state index in [1.54, 1.807) is 0 Å². The molecule has 0 aliphatic heterocycles. The number of benzene rings is 13. The van der Waals surface area contributed by atoms with Gasteiger partial charge in [-0.3, -0.25) is 0 Å². The maximum Gasteiger partial charge on any atom is 0.0520 e. The SMILES string of the molecule is CCCCc1cc(C)c(N(c2ccc(N(c3ccc(N(c4ccc(C)cc4)c4ccc(N(c5ccc(N(c6ccc(C)cc6)c6c(C)cc(C)cc6C)cc5)c5ccc(N(c6c(C)cc(C)cc6C)c6c(C)cc(C)cc6C)cc5)cc4)cc3)c3c(C)cc(C)cc3C)cc2)c2c(C)cc(C)cc2C)c(C)c1. The van der Waals surface area contributed by atoms with Crippen molar-refractivity contribution in [2.75, 3.05) is 29.4 Å². The molecule has 0 spiro atoms. The van der Waals surface area contributed by atoms with Gasteiger partial charge in [0.15, 0.2) is 0 Å². The molecule has 0 unspecified atom stereocenters. The van der Waals surface area contributed by atoms with Gasteiger partial charge in [-0.25, -0.2) is 0 Å². The molecule has 6 heteroatoms. The molecule has 0 bridgehead atoms. The number of rotatable bonds is 21. The minimum absolute atomic E-state index is 1.03. The van der Waals surface area contributed by atoms with Crippen LogP contribution in [0.3, 0.4) is 0 Å². The van der Waals surface area contributed by atoms with Gasteiger partial charge in [-0.05, 0) is 362 Å². The lowest BCUT2D eigenvalue weighted by Crippen LogP contribution is -2.17. The van der Waals surface area contributed by atoms with Gasteiger partial charge < -0.3 is 29.4 Å². The highest BCUT2D eigenvalue weighted by Gasteiger charge is 2.28. The zero-order valence-corrected chi connectivity index (χ0v) is 66.9. The maximum atomic E-state index is 2.52. The van der Waals surface area contributed by atoms with Crippen molar-refractivity contribution in [3.8, 4) is 0 Å². The smallest absolute Gasteiger partial charge is 0.0520 e. The second kappa shape index (κ2) is 31.0. The fourth-order valence-corrected chi connectivity index (χ4v) is 17.1. The molecule has 0 heterocycles. The van der Waals surface area contributed by atoms with Crippen molar-refractivity contribution < 1.29 is 0 Å². The quantitative estimate of drug-likeness (QED) is 0.0709. The summed E-state index contributed by atoms with van der Waals surface area (Å²) < 4.78 is 0. The third kappa shape index (κ3) is 15.3. The summed E-state index contributed by atoms with van der Waals surface area (Å²) in [6, 6.07) is 91.8. The first-order chi connectivity index (χ1) is 51.3. The van der Waals surface area contributed by atoms with E-state index in [0.717, 1.165) is 74.7 Å². The van der Waals surface area contributed by atoms with E-state index in [1.807, 2.05) is 0 Å². The van der Waals surface area contributed by atoms with Gasteiger partial charge in [0.2, 0.25) is 0 Å². The minimum Gasteiger partial charge on any atom is -0.311 e. The van der Waals surface area contributed by atoms with E-state index >= 15 is 0 Å². The zero-order chi connectivity index (χ0) is 75.8. The van der Waals surface area contributed by atoms with Crippen LogP contribution < -0.4 is 29.4 Å². The summed E-state index contributed by atoms with van der Waals surface area (Å²) in [5, 5.41) is 0. The highest BCUT2D eigenvalue weighted by molar-refractivity contribution is 5.91. The van der Waals surface area contributed by atoms with Gasteiger partial charge >= 0.3 is 0 Å². The van der Waals surface area contributed by atoms with Crippen LogP contribution in [-0.4, -0.2) is 0 Å². The molecule has 0 saturated heterocycles. The number of nitrogens with zero attached hydrogens (tertiary/aromatic N) is 6. The summed E-state index contributed by atoms with van der Waals surface area (Å²) in [5.74, 6) is 0. The van der Waals surface area contributed by atoms with Crippen molar-refractivity contribution in [1.29, 1.82) is 0 Å². The predicted molar refractivity (Wildman–Crippen MR) is 463 cm³/mol. The maximum absolute atomic E-state index is 2.52. The van der Waals surface area contributed by atoms with Crippen LogP contribution in [0.1, 0.15) is 131 Å². The molecular formula is C101H106N6. The summed E-state index contributed by atoms with van der Waals surface area (Å²) in [6.07, 6.45) is 3.44. The van der Waals surface area contributed by atoms with Gasteiger partial charge in [0, 0.05) is 68.2 Å². The first kappa shape index (κ1) is 74.0. The Labute approximate surface area is 639 Å². The minimum atomic E-state index is 1.03. The number of anilines is 18. The van der Waals surface area contributed by atoms with Crippen molar-refractivity contribution in [2.24, 2.45) is 0 Å². The van der Waals surface area contributed by atoms with Crippen LogP contribution in [0.4, 0.5) is 102 Å². The summed E-state index contributed by atoms with van der Waals surface area (Å²) in [5.41, 5.74) is 45.2.